The van der Waals surface area contributed by atoms with Crippen LogP contribution in [0, 0.1) is 6.92 Å². The minimum atomic E-state index is -0.230. The second-order valence-corrected chi connectivity index (χ2v) is 9.18. The topological polar surface area (TPSA) is 73.8 Å². The zero-order chi connectivity index (χ0) is 21.6. The van der Waals surface area contributed by atoms with Gasteiger partial charge in [0, 0.05) is 13.1 Å². The predicted molar refractivity (Wildman–Crippen MR) is 119 cm³/mol. The number of nitrogens with zero attached hydrogens (tertiary/aromatic N) is 5. The number of carbonyl (C=O) groups excluding carboxylic acids is 1. The Morgan fingerprint density at radius 2 is 1.84 bits per heavy atom. The summed E-state index contributed by atoms with van der Waals surface area (Å²) >= 11 is 0. The summed E-state index contributed by atoms with van der Waals surface area (Å²) in [6, 6.07) is 10.5. The fourth-order valence-electron chi connectivity index (χ4n) is 5.33. The number of benzene rings is 1. The second kappa shape index (κ2) is 7.46. The van der Waals surface area contributed by atoms with Crippen molar-refractivity contribution in [3.63, 3.8) is 0 Å². The zero-order valence-corrected chi connectivity index (χ0v) is 18.5. The number of amides is 2. The fourth-order valence-corrected chi connectivity index (χ4v) is 5.33. The van der Waals surface area contributed by atoms with E-state index < -0.39 is 0 Å². The smallest absolute Gasteiger partial charge is 0.322 e. The summed E-state index contributed by atoms with van der Waals surface area (Å²) in [7, 11) is 4.24. The molecule has 164 valence electrons. The van der Waals surface area contributed by atoms with Crippen molar-refractivity contribution in [3.8, 4) is 0 Å². The van der Waals surface area contributed by atoms with Gasteiger partial charge in [-0.05, 0) is 39.4 Å². The minimum absolute atomic E-state index is 0.0592. The van der Waals surface area contributed by atoms with E-state index in [1.54, 1.807) is 6.20 Å². The second-order valence-electron chi connectivity index (χ2n) is 9.18. The maximum Gasteiger partial charge on any atom is 0.322 e. The summed E-state index contributed by atoms with van der Waals surface area (Å²) < 4.78 is 5.42. The van der Waals surface area contributed by atoms with Crippen molar-refractivity contribution in [1.29, 1.82) is 0 Å². The lowest BCUT2D eigenvalue weighted by molar-refractivity contribution is -0.0169. The lowest BCUT2D eigenvalue weighted by Gasteiger charge is -2.57. The number of aryl methyl sites for hydroxylation is 1. The molecular weight excluding hydrogens is 392 g/mol. The standard InChI is InChI=1S/C23H30N6O2/c1-17-19(13-24-20(25-17)28-9-11-31-12-10-28)29-16-22(26-21(29)30)14-23(15-22,27(2)3)18-7-5-4-6-8-18/h4-8,13H,9-12,14-16H2,1-3H3,(H,26,30)/t22-,23+. The van der Waals surface area contributed by atoms with E-state index >= 15 is 0 Å². The van der Waals surface area contributed by atoms with E-state index in [9.17, 15) is 4.79 Å². The van der Waals surface area contributed by atoms with Crippen LogP contribution in [0.25, 0.3) is 0 Å². The van der Waals surface area contributed by atoms with Crippen molar-refractivity contribution >= 4 is 17.7 Å². The summed E-state index contributed by atoms with van der Waals surface area (Å²) in [5.41, 5.74) is 2.62. The third-order valence-electron chi connectivity index (χ3n) is 7.03. The highest BCUT2D eigenvalue weighted by molar-refractivity contribution is 5.96. The highest BCUT2D eigenvalue weighted by Crippen LogP contribution is 2.53. The maximum atomic E-state index is 13.0. The first-order chi connectivity index (χ1) is 14.9. The van der Waals surface area contributed by atoms with Gasteiger partial charge in [-0.3, -0.25) is 9.80 Å². The fraction of sp³-hybridized carbons (Fsp3) is 0.522. The molecule has 0 radical (unpaired) electrons. The van der Waals surface area contributed by atoms with Gasteiger partial charge in [0.05, 0.1) is 48.4 Å². The maximum absolute atomic E-state index is 13.0. The number of hydrogen-bond donors (Lipinski definition) is 1. The van der Waals surface area contributed by atoms with Crippen LogP contribution in [0.2, 0.25) is 0 Å². The average molecular weight is 423 g/mol. The molecule has 8 nitrogen and oxygen atoms in total. The van der Waals surface area contributed by atoms with Gasteiger partial charge in [-0.2, -0.15) is 0 Å². The summed E-state index contributed by atoms with van der Waals surface area (Å²) in [5, 5.41) is 3.28. The monoisotopic (exact) mass is 422 g/mol. The molecule has 1 N–H and O–H groups in total. The molecule has 1 aromatic carbocycles. The largest absolute Gasteiger partial charge is 0.378 e. The van der Waals surface area contributed by atoms with Crippen LogP contribution < -0.4 is 15.1 Å². The molecule has 5 rings (SSSR count). The van der Waals surface area contributed by atoms with Gasteiger partial charge in [-0.15, -0.1) is 0 Å². The van der Waals surface area contributed by atoms with E-state index in [2.05, 4.69) is 58.5 Å². The molecule has 3 aliphatic rings. The van der Waals surface area contributed by atoms with Crippen LogP contribution in [0.15, 0.2) is 36.5 Å². The normalized spacial score (nSPS) is 28.2. The highest BCUT2D eigenvalue weighted by Gasteiger charge is 2.61. The molecule has 0 bridgehead atoms. The Bertz CT molecular complexity index is 967. The average Bonchev–Trinajstić information content (AvgIpc) is 3.10. The Morgan fingerprint density at radius 1 is 1.13 bits per heavy atom. The summed E-state index contributed by atoms with van der Waals surface area (Å²) in [6.07, 6.45) is 3.55. The van der Waals surface area contributed by atoms with E-state index in [0.29, 0.717) is 25.7 Å². The first kappa shape index (κ1) is 20.2. The number of carbonyl (C=O) groups is 1. The number of rotatable bonds is 4. The van der Waals surface area contributed by atoms with Crippen molar-refractivity contribution in [2.45, 2.75) is 30.8 Å². The van der Waals surface area contributed by atoms with Crippen molar-refractivity contribution in [2.24, 2.45) is 0 Å². The van der Waals surface area contributed by atoms with Gasteiger partial charge in [0.15, 0.2) is 0 Å². The van der Waals surface area contributed by atoms with Crippen LogP contribution in [0.3, 0.4) is 0 Å². The van der Waals surface area contributed by atoms with Crippen molar-refractivity contribution < 1.29 is 9.53 Å². The molecule has 3 fully saturated rings. The molecule has 2 aliphatic heterocycles. The van der Waals surface area contributed by atoms with Gasteiger partial charge in [0.25, 0.3) is 0 Å². The van der Waals surface area contributed by atoms with Crippen LogP contribution in [0.1, 0.15) is 24.1 Å². The van der Waals surface area contributed by atoms with E-state index in [0.717, 1.165) is 37.3 Å². The highest BCUT2D eigenvalue weighted by atomic mass is 16.5. The van der Waals surface area contributed by atoms with Gasteiger partial charge in [0.1, 0.15) is 0 Å². The number of hydrogen-bond acceptors (Lipinski definition) is 6. The number of ether oxygens (including phenoxy) is 1. The quantitative estimate of drug-likeness (QED) is 0.814. The molecular formula is C23H30N6O2. The van der Waals surface area contributed by atoms with Gasteiger partial charge in [-0.25, -0.2) is 14.8 Å². The van der Waals surface area contributed by atoms with E-state index in [1.807, 2.05) is 17.9 Å². The Balaban J connectivity index is 1.35. The third-order valence-corrected chi connectivity index (χ3v) is 7.03. The molecule has 1 aromatic heterocycles. The van der Waals surface area contributed by atoms with Crippen LogP contribution in [0.4, 0.5) is 16.4 Å². The number of nitrogens with one attached hydrogen (secondary N) is 1. The Labute approximate surface area is 183 Å². The molecule has 0 atom stereocenters. The van der Waals surface area contributed by atoms with Crippen molar-refractivity contribution in [2.75, 3.05) is 56.7 Å². The van der Waals surface area contributed by atoms with E-state index in [-0.39, 0.29) is 17.1 Å². The number of aromatic nitrogens is 2. The number of urea groups is 1. The molecule has 31 heavy (non-hydrogen) atoms. The van der Waals surface area contributed by atoms with Gasteiger partial charge >= 0.3 is 6.03 Å². The SMILES string of the molecule is Cc1nc(N2CCOCC2)ncc1N1C[C@]2(C[C@](c3ccccc3)(N(C)C)C2)NC1=O. The molecule has 2 saturated heterocycles. The lowest BCUT2D eigenvalue weighted by atomic mass is 9.59. The zero-order valence-electron chi connectivity index (χ0n) is 18.5. The van der Waals surface area contributed by atoms with Gasteiger partial charge in [-0.1, -0.05) is 30.3 Å². The molecule has 2 amide bonds. The summed E-state index contributed by atoms with van der Waals surface area (Å²) in [6.45, 7) is 5.55. The molecule has 1 saturated carbocycles. The van der Waals surface area contributed by atoms with Crippen LogP contribution in [0.5, 0.6) is 0 Å². The van der Waals surface area contributed by atoms with Gasteiger partial charge in [0.2, 0.25) is 5.95 Å². The molecule has 0 unspecified atom stereocenters. The van der Waals surface area contributed by atoms with Gasteiger partial charge < -0.3 is 15.0 Å². The van der Waals surface area contributed by atoms with Crippen LogP contribution in [-0.2, 0) is 10.3 Å². The molecule has 1 spiro atoms. The minimum Gasteiger partial charge on any atom is -0.378 e. The van der Waals surface area contributed by atoms with Crippen molar-refractivity contribution in [3.05, 3.63) is 47.8 Å². The molecule has 3 heterocycles. The van der Waals surface area contributed by atoms with E-state index in [4.69, 9.17) is 9.72 Å². The first-order valence-electron chi connectivity index (χ1n) is 10.9. The first-order valence-corrected chi connectivity index (χ1v) is 10.9. The van der Waals surface area contributed by atoms with Crippen molar-refractivity contribution in [1.82, 2.24) is 20.2 Å². The number of anilines is 2. The molecule has 2 aromatic rings. The summed E-state index contributed by atoms with van der Waals surface area (Å²) in [5.74, 6) is 0.707. The third kappa shape index (κ3) is 3.34. The Hall–Kier alpha value is -2.71. The molecule has 1 aliphatic carbocycles. The molecule has 8 heteroatoms. The predicted octanol–water partition coefficient (Wildman–Crippen LogP) is 2.14. The Kier molecular flexibility index (Phi) is 4.86. The number of morpholine rings is 1. The van der Waals surface area contributed by atoms with E-state index in [1.165, 1.54) is 5.56 Å². The summed E-state index contributed by atoms with van der Waals surface area (Å²) in [4.78, 5) is 28.4. The lowest BCUT2D eigenvalue weighted by Crippen LogP contribution is -2.66. The Morgan fingerprint density at radius 3 is 2.48 bits per heavy atom. The van der Waals surface area contributed by atoms with Crippen LogP contribution >= 0.6 is 0 Å². The van der Waals surface area contributed by atoms with Crippen LogP contribution in [-0.4, -0.2) is 73.4 Å².